The van der Waals surface area contributed by atoms with Gasteiger partial charge in [-0.15, -0.1) is 0 Å². The molecule has 0 unspecified atom stereocenters. The number of rotatable bonds is 2. The Kier molecular flexibility index (Phi) is 3.22. The maximum absolute atomic E-state index is 11.0. The highest BCUT2D eigenvalue weighted by Crippen LogP contribution is 2.27. The molecule has 0 aliphatic rings. The molecule has 0 spiro atoms. The molecule has 0 N–H and O–H groups in total. The van der Waals surface area contributed by atoms with Crippen LogP contribution in [0.25, 0.3) is 11.1 Å². The van der Waals surface area contributed by atoms with Gasteiger partial charge in [-0.2, -0.15) is 0 Å². The summed E-state index contributed by atoms with van der Waals surface area (Å²) in [5.41, 5.74) is 1.88. The van der Waals surface area contributed by atoms with Gasteiger partial charge in [0, 0.05) is 11.8 Å². The average molecular weight is 252 g/mol. The van der Waals surface area contributed by atoms with Crippen LogP contribution in [0.15, 0.2) is 42.6 Å². The topological polar surface area (TPSA) is 30.0 Å². The summed E-state index contributed by atoms with van der Waals surface area (Å²) in [4.78, 5) is 14.9. The van der Waals surface area contributed by atoms with Crippen LogP contribution in [-0.2, 0) is 0 Å². The predicted octanol–water partition coefficient (Wildman–Crippen LogP) is 3.78. The van der Waals surface area contributed by atoms with Gasteiger partial charge in [0.05, 0.1) is 5.02 Å². The number of carbonyl (C=O) groups is 1. The minimum Gasteiger partial charge on any atom is -0.274 e. The predicted molar refractivity (Wildman–Crippen MR) is 64.9 cm³/mol. The van der Waals surface area contributed by atoms with Crippen molar-refractivity contribution in [2.24, 2.45) is 0 Å². The molecule has 2 aromatic rings. The molecule has 0 fully saturated rings. The summed E-state index contributed by atoms with van der Waals surface area (Å²) in [7, 11) is 0. The maximum atomic E-state index is 11.0. The first kappa shape index (κ1) is 11.1. The van der Waals surface area contributed by atoms with Gasteiger partial charge in [0.25, 0.3) is 5.24 Å². The lowest BCUT2D eigenvalue weighted by molar-refractivity contribution is 0.107. The Morgan fingerprint density at radius 2 is 1.88 bits per heavy atom. The quantitative estimate of drug-likeness (QED) is 0.761. The van der Waals surface area contributed by atoms with Crippen molar-refractivity contribution in [3.63, 3.8) is 0 Å². The molecule has 2 nitrogen and oxygen atoms in total. The van der Waals surface area contributed by atoms with E-state index in [9.17, 15) is 4.79 Å². The van der Waals surface area contributed by atoms with Gasteiger partial charge in [0.1, 0.15) is 5.69 Å². The Balaban J connectivity index is 2.56. The first-order chi connectivity index (χ1) is 7.68. The molecule has 1 heterocycles. The van der Waals surface area contributed by atoms with Crippen molar-refractivity contribution in [1.82, 2.24) is 4.98 Å². The fraction of sp³-hybridized carbons (Fsp3) is 0. The smallest absolute Gasteiger partial charge is 0.270 e. The molecule has 4 heteroatoms. The minimum absolute atomic E-state index is 0.199. The van der Waals surface area contributed by atoms with Crippen molar-refractivity contribution >= 4 is 28.4 Å². The molecule has 16 heavy (non-hydrogen) atoms. The summed E-state index contributed by atoms with van der Waals surface area (Å²) >= 11 is 11.4. The summed E-state index contributed by atoms with van der Waals surface area (Å²) in [6.45, 7) is 0. The molecule has 0 radical (unpaired) electrons. The Hall–Kier alpha value is -1.38. The Labute approximate surface area is 103 Å². The normalized spacial score (nSPS) is 10.1. The van der Waals surface area contributed by atoms with Crippen LogP contribution in [0.3, 0.4) is 0 Å². The van der Waals surface area contributed by atoms with E-state index in [1.165, 1.54) is 6.20 Å². The van der Waals surface area contributed by atoms with Gasteiger partial charge in [-0.05, 0) is 23.2 Å². The number of hydrogen-bond acceptors (Lipinski definition) is 2. The van der Waals surface area contributed by atoms with E-state index in [4.69, 9.17) is 23.2 Å². The van der Waals surface area contributed by atoms with E-state index in [2.05, 4.69) is 4.98 Å². The second kappa shape index (κ2) is 4.64. The molecule has 1 aromatic heterocycles. The first-order valence-electron chi connectivity index (χ1n) is 4.59. The molecule has 0 saturated heterocycles. The van der Waals surface area contributed by atoms with Crippen LogP contribution in [0.4, 0.5) is 0 Å². The third-order valence-corrected chi connectivity index (χ3v) is 2.64. The molecule has 0 aliphatic carbocycles. The third kappa shape index (κ3) is 2.23. The van der Waals surface area contributed by atoms with Gasteiger partial charge in [-0.25, -0.2) is 0 Å². The van der Waals surface area contributed by atoms with Crippen molar-refractivity contribution in [2.45, 2.75) is 0 Å². The van der Waals surface area contributed by atoms with Crippen LogP contribution in [0, 0.1) is 0 Å². The van der Waals surface area contributed by atoms with E-state index in [0.29, 0.717) is 5.02 Å². The molecule has 0 saturated carbocycles. The summed E-state index contributed by atoms with van der Waals surface area (Å²) in [5, 5.41) is -0.0956. The second-order valence-corrected chi connectivity index (χ2v) is 3.94. The summed E-state index contributed by atoms with van der Waals surface area (Å²) in [6, 6.07) is 11.1. The van der Waals surface area contributed by atoms with Crippen LogP contribution in [0.2, 0.25) is 5.02 Å². The molecule has 0 aliphatic heterocycles. The number of benzene rings is 1. The molecule has 0 atom stereocenters. The Morgan fingerprint density at radius 3 is 2.50 bits per heavy atom. The number of hydrogen-bond donors (Lipinski definition) is 0. The highest BCUT2D eigenvalue weighted by atomic mass is 35.5. The van der Waals surface area contributed by atoms with Crippen LogP contribution < -0.4 is 0 Å². The van der Waals surface area contributed by atoms with Gasteiger partial charge >= 0.3 is 0 Å². The molecule has 80 valence electrons. The van der Waals surface area contributed by atoms with E-state index >= 15 is 0 Å². The van der Waals surface area contributed by atoms with Crippen molar-refractivity contribution in [1.29, 1.82) is 0 Å². The average Bonchev–Trinajstić information content (AvgIpc) is 2.30. The zero-order valence-electron chi connectivity index (χ0n) is 8.15. The standard InChI is InChI=1S/C12H7Cl2NO/c13-10-7-15-11(12(14)16)6-9(10)8-4-2-1-3-5-8/h1-7H. The monoisotopic (exact) mass is 251 g/mol. The zero-order chi connectivity index (χ0) is 11.5. The maximum Gasteiger partial charge on any atom is 0.270 e. The zero-order valence-corrected chi connectivity index (χ0v) is 9.66. The molecule has 0 bridgehead atoms. The minimum atomic E-state index is -0.589. The van der Waals surface area contributed by atoms with Crippen molar-refractivity contribution in [3.8, 4) is 11.1 Å². The van der Waals surface area contributed by atoms with Crippen molar-refractivity contribution < 1.29 is 4.79 Å². The Morgan fingerprint density at radius 1 is 1.19 bits per heavy atom. The van der Waals surface area contributed by atoms with Gasteiger partial charge in [-0.3, -0.25) is 9.78 Å². The summed E-state index contributed by atoms with van der Waals surface area (Å²) in [6.07, 6.45) is 1.43. The highest BCUT2D eigenvalue weighted by molar-refractivity contribution is 6.67. The number of pyridine rings is 1. The van der Waals surface area contributed by atoms with Gasteiger partial charge in [-0.1, -0.05) is 41.9 Å². The lowest BCUT2D eigenvalue weighted by Gasteiger charge is -2.04. The fourth-order valence-corrected chi connectivity index (χ4v) is 1.70. The second-order valence-electron chi connectivity index (χ2n) is 3.19. The van der Waals surface area contributed by atoms with Crippen LogP contribution >= 0.6 is 23.2 Å². The largest absolute Gasteiger partial charge is 0.274 e. The number of nitrogens with zero attached hydrogens (tertiary/aromatic N) is 1. The van der Waals surface area contributed by atoms with Gasteiger partial charge in [0.15, 0.2) is 0 Å². The lowest BCUT2D eigenvalue weighted by atomic mass is 10.1. The fourth-order valence-electron chi connectivity index (χ4n) is 1.39. The summed E-state index contributed by atoms with van der Waals surface area (Å²) in [5.74, 6) is 0. The molecular formula is C12H7Cl2NO. The Bertz CT molecular complexity index is 526. The molecule has 0 amide bonds. The van der Waals surface area contributed by atoms with Crippen molar-refractivity contribution in [2.75, 3.05) is 0 Å². The molecule has 1 aromatic carbocycles. The van der Waals surface area contributed by atoms with Crippen LogP contribution in [0.5, 0.6) is 0 Å². The van der Waals surface area contributed by atoms with Gasteiger partial charge in [0.2, 0.25) is 0 Å². The van der Waals surface area contributed by atoms with E-state index in [-0.39, 0.29) is 5.69 Å². The van der Waals surface area contributed by atoms with E-state index in [1.807, 2.05) is 30.3 Å². The number of halogens is 2. The van der Waals surface area contributed by atoms with E-state index < -0.39 is 5.24 Å². The van der Waals surface area contributed by atoms with Gasteiger partial charge < -0.3 is 0 Å². The highest BCUT2D eigenvalue weighted by Gasteiger charge is 2.09. The van der Waals surface area contributed by atoms with Crippen LogP contribution in [-0.4, -0.2) is 10.2 Å². The lowest BCUT2D eigenvalue weighted by Crippen LogP contribution is -1.94. The van der Waals surface area contributed by atoms with E-state index in [0.717, 1.165) is 11.1 Å². The summed E-state index contributed by atoms with van der Waals surface area (Å²) < 4.78 is 0. The first-order valence-corrected chi connectivity index (χ1v) is 5.35. The number of aromatic nitrogens is 1. The van der Waals surface area contributed by atoms with Crippen LogP contribution in [0.1, 0.15) is 10.5 Å². The molecular weight excluding hydrogens is 245 g/mol. The molecule has 2 rings (SSSR count). The number of carbonyl (C=O) groups excluding carboxylic acids is 1. The van der Waals surface area contributed by atoms with Crippen molar-refractivity contribution in [3.05, 3.63) is 53.3 Å². The SMILES string of the molecule is O=C(Cl)c1cc(-c2ccccc2)c(Cl)cn1. The third-order valence-electron chi connectivity index (χ3n) is 2.14. The van der Waals surface area contributed by atoms with E-state index in [1.54, 1.807) is 6.07 Å².